The van der Waals surface area contributed by atoms with Gasteiger partial charge in [-0.05, 0) is 32.7 Å². The zero-order valence-corrected chi connectivity index (χ0v) is 9.84. The monoisotopic (exact) mass is 215 g/mol. The topological polar surface area (TPSA) is 47.6 Å². The number of carbonyl (C=O) groups excluding carboxylic acids is 1. The highest BCUT2D eigenvalue weighted by Crippen LogP contribution is 2.24. The van der Waals surface area contributed by atoms with Gasteiger partial charge < -0.3 is 14.8 Å². The second-order valence-electron chi connectivity index (χ2n) is 4.14. The predicted octanol–water partition coefficient (Wildman–Crippen LogP) is 1.10. The summed E-state index contributed by atoms with van der Waals surface area (Å²) in [6.45, 7) is 5.22. The minimum Gasteiger partial charge on any atom is -0.459 e. The van der Waals surface area contributed by atoms with Gasteiger partial charge in [-0.15, -0.1) is 0 Å². The van der Waals surface area contributed by atoms with Crippen LogP contribution < -0.4 is 5.32 Å². The Hall–Kier alpha value is -0.610. The SMILES string of the molecule is CCC1(C(=O)OC(C)COC)CCCN1. The first-order valence-electron chi connectivity index (χ1n) is 5.59. The van der Waals surface area contributed by atoms with Crippen molar-refractivity contribution in [2.75, 3.05) is 20.3 Å². The molecule has 2 atom stereocenters. The van der Waals surface area contributed by atoms with E-state index >= 15 is 0 Å². The second kappa shape index (κ2) is 5.47. The molecule has 0 radical (unpaired) electrons. The molecular weight excluding hydrogens is 194 g/mol. The minimum absolute atomic E-state index is 0.132. The van der Waals surface area contributed by atoms with Crippen molar-refractivity contribution in [1.29, 1.82) is 0 Å². The molecule has 1 saturated heterocycles. The Morgan fingerprint density at radius 2 is 2.33 bits per heavy atom. The second-order valence-corrected chi connectivity index (χ2v) is 4.14. The van der Waals surface area contributed by atoms with Crippen molar-refractivity contribution in [3.8, 4) is 0 Å². The van der Waals surface area contributed by atoms with Crippen molar-refractivity contribution < 1.29 is 14.3 Å². The van der Waals surface area contributed by atoms with E-state index in [1.54, 1.807) is 7.11 Å². The molecule has 0 aromatic carbocycles. The van der Waals surface area contributed by atoms with Gasteiger partial charge in [-0.1, -0.05) is 6.92 Å². The summed E-state index contributed by atoms with van der Waals surface area (Å²) in [6.07, 6.45) is 2.53. The quantitative estimate of drug-likeness (QED) is 0.698. The first kappa shape index (κ1) is 12.5. The van der Waals surface area contributed by atoms with Crippen molar-refractivity contribution >= 4 is 5.97 Å². The van der Waals surface area contributed by atoms with Crippen molar-refractivity contribution in [2.24, 2.45) is 0 Å². The Bertz CT molecular complexity index is 212. The van der Waals surface area contributed by atoms with Gasteiger partial charge in [-0.2, -0.15) is 0 Å². The highest BCUT2D eigenvalue weighted by Gasteiger charge is 2.41. The average molecular weight is 215 g/mol. The van der Waals surface area contributed by atoms with E-state index in [4.69, 9.17) is 9.47 Å². The molecule has 2 unspecified atom stereocenters. The molecule has 0 aromatic rings. The van der Waals surface area contributed by atoms with Gasteiger partial charge in [0.25, 0.3) is 0 Å². The summed E-state index contributed by atoms with van der Waals surface area (Å²) in [5.41, 5.74) is -0.442. The molecule has 0 saturated carbocycles. The van der Waals surface area contributed by atoms with Gasteiger partial charge >= 0.3 is 5.97 Å². The molecule has 1 aliphatic rings. The van der Waals surface area contributed by atoms with Gasteiger partial charge in [0.1, 0.15) is 11.6 Å². The molecular formula is C11H21NO3. The molecule has 0 bridgehead atoms. The van der Waals surface area contributed by atoms with Gasteiger partial charge in [0.05, 0.1) is 6.61 Å². The van der Waals surface area contributed by atoms with E-state index in [0.29, 0.717) is 6.61 Å². The highest BCUT2D eigenvalue weighted by atomic mass is 16.6. The zero-order valence-electron chi connectivity index (χ0n) is 9.84. The molecule has 1 fully saturated rings. The summed E-state index contributed by atoms with van der Waals surface area (Å²) >= 11 is 0. The lowest BCUT2D eigenvalue weighted by molar-refractivity contribution is -0.158. The normalized spacial score (nSPS) is 27.7. The summed E-state index contributed by atoms with van der Waals surface area (Å²) in [5, 5.41) is 3.25. The fourth-order valence-electron chi connectivity index (χ4n) is 1.99. The zero-order chi connectivity index (χ0) is 11.3. The van der Waals surface area contributed by atoms with Crippen LogP contribution in [-0.2, 0) is 14.3 Å². The first-order chi connectivity index (χ1) is 7.14. The summed E-state index contributed by atoms with van der Waals surface area (Å²) in [5.74, 6) is -0.132. The van der Waals surface area contributed by atoms with Crippen LogP contribution in [0.2, 0.25) is 0 Å². The largest absolute Gasteiger partial charge is 0.459 e. The lowest BCUT2D eigenvalue weighted by Crippen LogP contribution is -2.49. The van der Waals surface area contributed by atoms with E-state index in [1.807, 2.05) is 13.8 Å². The predicted molar refractivity (Wildman–Crippen MR) is 57.7 cm³/mol. The van der Waals surface area contributed by atoms with E-state index in [9.17, 15) is 4.79 Å². The lowest BCUT2D eigenvalue weighted by atomic mass is 9.94. The number of methoxy groups -OCH3 is 1. The summed E-state index contributed by atoms with van der Waals surface area (Å²) in [4.78, 5) is 11.9. The van der Waals surface area contributed by atoms with Gasteiger partial charge in [-0.25, -0.2) is 0 Å². The van der Waals surface area contributed by atoms with Crippen molar-refractivity contribution in [3.05, 3.63) is 0 Å². The van der Waals surface area contributed by atoms with Crippen molar-refractivity contribution in [2.45, 2.75) is 44.8 Å². The highest BCUT2D eigenvalue weighted by molar-refractivity contribution is 5.81. The van der Waals surface area contributed by atoms with Crippen LogP contribution in [0.25, 0.3) is 0 Å². The maximum absolute atomic E-state index is 11.9. The summed E-state index contributed by atoms with van der Waals surface area (Å²) < 4.78 is 10.3. The molecule has 0 aromatic heterocycles. The summed E-state index contributed by atoms with van der Waals surface area (Å²) in [7, 11) is 1.60. The van der Waals surface area contributed by atoms with Gasteiger partial charge in [0.2, 0.25) is 0 Å². The van der Waals surface area contributed by atoms with Gasteiger partial charge in [-0.3, -0.25) is 4.79 Å². The maximum atomic E-state index is 11.9. The molecule has 15 heavy (non-hydrogen) atoms. The number of nitrogens with one attached hydrogen (secondary N) is 1. The van der Waals surface area contributed by atoms with E-state index in [1.165, 1.54) is 0 Å². The Morgan fingerprint density at radius 3 is 2.80 bits per heavy atom. The fourth-order valence-corrected chi connectivity index (χ4v) is 1.99. The standard InChI is InChI=1S/C11H21NO3/c1-4-11(6-5-7-12-11)10(13)15-9(2)8-14-3/h9,12H,4-8H2,1-3H3. The number of rotatable bonds is 5. The molecule has 1 rings (SSSR count). The third-order valence-electron chi connectivity index (χ3n) is 2.95. The smallest absolute Gasteiger partial charge is 0.326 e. The third-order valence-corrected chi connectivity index (χ3v) is 2.95. The van der Waals surface area contributed by atoms with Crippen LogP contribution >= 0.6 is 0 Å². The number of hydrogen-bond acceptors (Lipinski definition) is 4. The Balaban J connectivity index is 2.50. The number of carbonyl (C=O) groups is 1. The first-order valence-corrected chi connectivity index (χ1v) is 5.59. The maximum Gasteiger partial charge on any atom is 0.326 e. The molecule has 1 aliphatic heterocycles. The van der Waals surface area contributed by atoms with E-state index < -0.39 is 5.54 Å². The van der Waals surface area contributed by atoms with Crippen LogP contribution in [0, 0.1) is 0 Å². The van der Waals surface area contributed by atoms with Gasteiger partial charge in [0, 0.05) is 7.11 Å². The fraction of sp³-hybridized carbons (Fsp3) is 0.909. The van der Waals surface area contributed by atoms with Crippen molar-refractivity contribution in [1.82, 2.24) is 5.32 Å². The molecule has 1 heterocycles. The van der Waals surface area contributed by atoms with Gasteiger partial charge in [0.15, 0.2) is 0 Å². The number of esters is 1. The van der Waals surface area contributed by atoms with E-state index in [2.05, 4.69) is 5.32 Å². The summed E-state index contributed by atoms with van der Waals surface area (Å²) in [6, 6.07) is 0. The Kier molecular flexibility index (Phi) is 4.54. The van der Waals surface area contributed by atoms with Crippen LogP contribution in [0.5, 0.6) is 0 Å². The lowest BCUT2D eigenvalue weighted by Gasteiger charge is -2.27. The molecule has 1 N–H and O–H groups in total. The van der Waals surface area contributed by atoms with Crippen LogP contribution in [-0.4, -0.2) is 37.9 Å². The number of hydrogen-bond donors (Lipinski definition) is 1. The molecule has 4 nitrogen and oxygen atoms in total. The van der Waals surface area contributed by atoms with Crippen molar-refractivity contribution in [3.63, 3.8) is 0 Å². The van der Waals surface area contributed by atoms with E-state index in [0.717, 1.165) is 25.8 Å². The van der Waals surface area contributed by atoms with Crippen LogP contribution in [0.4, 0.5) is 0 Å². The van der Waals surface area contributed by atoms with Crippen LogP contribution in [0.3, 0.4) is 0 Å². The molecule has 4 heteroatoms. The Morgan fingerprint density at radius 1 is 1.60 bits per heavy atom. The molecule has 0 amide bonds. The third kappa shape index (κ3) is 2.92. The molecule has 0 spiro atoms. The molecule has 88 valence electrons. The van der Waals surface area contributed by atoms with Crippen LogP contribution in [0.15, 0.2) is 0 Å². The average Bonchev–Trinajstić information content (AvgIpc) is 2.67. The Labute approximate surface area is 91.3 Å². The number of ether oxygens (including phenoxy) is 2. The minimum atomic E-state index is -0.442. The van der Waals surface area contributed by atoms with Crippen LogP contribution in [0.1, 0.15) is 33.1 Å². The molecule has 0 aliphatic carbocycles. The van der Waals surface area contributed by atoms with E-state index in [-0.39, 0.29) is 12.1 Å².